The fourth-order valence-corrected chi connectivity index (χ4v) is 4.92. The molecule has 3 rings (SSSR count). The average molecular weight is 392 g/mol. The van der Waals surface area contributed by atoms with Gasteiger partial charge >= 0.3 is 0 Å². The molecule has 146 valence electrons. The SMILES string of the molecule is CN(C)C1CCN(S(=O)(=O)c2ccc(-c3cc(CO)ccc3F)cc2)CC1. The molecule has 1 heterocycles. The van der Waals surface area contributed by atoms with Gasteiger partial charge in [0, 0.05) is 24.7 Å². The van der Waals surface area contributed by atoms with Crippen molar-refractivity contribution < 1.29 is 17.9 Å². The molecule has 1 fully saturated rings. The lowest BCUT2D eigenvalue weighted by Gasteiger charge is -2.34. The first-order valence-electron chi connectivity index (χ1n) is 8.99. The number of aliphatic hydroxyl groups is 1. The summed E-state index contributed by atoms with van der Waals surface area (Å²) in [5.41, 5.74) is 1.53. The maximum Gasteiger partial charge on any atom is 0.243 e. The summed E-state index contributed by atoms with van der Waals surface area (Å²) in [6.45, 7) is 0.822. The molecule has 0 spiro atoms. The van der Waals surface area contributed by atoms with Gasteiger partial charge in [-0.15, -0.1) is 0 Å². The fraction of sp³-hybridized carbons (Fsp3) is 0.400. The van der Waals surface area contributed by atoms with Gasteiger partial charge in [0.05, 0.1) is 11.5 Å². The largest absolute Gasteiger partial charge is 0.392 e. The third-order valence-corrected chi connectivity index (χ3v) is 7.08. The number of sulfonamides is 1. The summed E-state index contributed by atoms with van der Waals surface area (Å²) in [4.78, 5) is 2.35. The van der Waals surface area contributed by atoms with E-state index in [4.69, 9.17) is 0 Å². The zero-order chi connectivity index (χ0) is 19.6. The molecule has 0 atom stereocenters. The molecule has 0 aromatic heterocycles. The highest BCUT2D eigenvalue weighted by Crippen LogP contribution is 2.27. The van der Waals surface area contributed by atoms with Crippen LogP contribution in [0.4, 0.5) is 4.39 Å². The lowest BCUT2D eigenvalue weighted by atomic mass is 10.0. The monoisotopic (exact) mass is 392 g/mol. The minimum absolute atomic E-state index is 0.178. The maximum atomic E-state index is 14.1. The van der Waals surface area contributed by atoms with Crippen LogP contribution in [-0.4, -0.2) is 56.0 Å². The second-order valence-corrected chi connectivity index (χ2v) is 9.03. The van der Waals surface area contributed by atoms with Gasteiger partial charge in [0.1, 0.15) is 5.82 Å². The number of hydrogen-bond donors (Lipinski definition) is 1. The second-order valence-electron chi connectivity index (χ2n) is 7.10. The Morgan fingerprint density at radius 1 is 1.11 bits per heavy atom. The molecule has 1 saturated heterocycles. The van der Waals surface area contributed by atoms with Crippen molar-refractivity contribution in [2.45, 2.75) is 30.4 Å². The van der Waals surface area contributed by atoms with Crippen LogP contribution in [0.1, 0.15) is 18.4 Å². The molecule has 0 saturated carbocycles. The predicted octanol–water partition coefficient (Wildman–Crippen LogP) is 2.70. The average Bonchev–Trinajstić information content (AvgIpc) is 2.68. The molecule has 0 amide bonds. The normalized spacial score (nSPS) is 16.8. The molecule has 5 nitrogen and oxygen atoms in total. The molecular weight excluding hydrogens is 367 g/mol. The van der Waals surface area contributed by atoms with Gasteiger partial charge in [0.2, 0.25) is 10.0 Å². The number of halogens is 1. The number of nitrogens with zero attached hydrogens (tertiary/aromatic N) is 2. The van der Waals surface area contributed by atoms with Gasteiger partial charge in [0.15, 0.2) is 0 Å². The molecule has 2 aromatic rings. The first-order valence-corrected chi connectivity index (χ1v) is 10.4. The van der Waals surface area contributed by atoms with E-state index in [-0.39, 0.29) is 11.5 Å². The first kappa shape index (κ1) is 19.9. The lowest BCUT2D eigenvalue weighted by Crippen LogP contribution is -2.44. The van der Waals surface area contributed by atoms with Crippen molar-refractivity contribution in [2.75, 3.05) is 27.2 Å². The van der Waals surface area contributed by atoms with E-state index >= 15 is 0 Å². The van der Waals surface area contributed by atoms with E-state index in [9.17, 15) is 17.9 Å². The minimum Gasteiger partial charge on any atom is -0.392 e. The highest BCUT2D eigenvalue weighted by atomic mass is 32.2. The van der Waals surface area contributed by atoms with E-state index in [0.29, 0.717) is 35.8 Å². The molecule has 0 unspecified atom stereocenters. The number of piperidine rings is 1. The van der Waals surface area contributed by atoms with Crippen LogP contribution in [0.25, 0.3) is 11.1 Å². The Kier molecular flexibility index (Phi) is 5.95. The van der Waals surface area contributed by atoms with E-state index in [1.165, 1.54) is 28.6 Å². The second kappa shape index (κ2) is 8.06. The van der Waals surface area contributed by atoms with Gasteiger partial charge in [-0.25, -0.2) is 12.8 Å². The molecule has 2 aromatic carbocycles. The topological polar surface area (TPSA) is 60.9 Å². The van der Waals surface area contributed by atoms with Crippen LogP contribution >= 0.6 is 0 Å². The molecule has 0 radical (unpaired) electrons. The van der Waals surface area contributed by atoms with Crippen molar-refractivity contribution in [1.82, 2.24) is 9.21 Å². The number of aliphatic hydroxyl groups excluding tert-OH is 1. The van der Waals surface area contributed by atoms with Crippen LogP contribution in [0.5, 0.6) is 0 Å². The Morgan fingerprint density at radius 2 is 1.74 bits per heavy atom. The Morgan fingerprint density at radius 3 is 2.30 bits per heavy atom. The van der Waals surface area contributed by atoms with Crippen molar-refractivity contribution in [1.29, 1.82) is 0 Å². The Balaban J connectivity index is 1.81. The molecule has 1 aliphatic heterocycles. The third kappa shape index (κ3) is 4.21. The van der Waals surface area contributed by atoms with Crippen LogP contribution in [0, 0.1) is 5.82 Å². The Bertz CT molecular complexity index is 890. The number of rotatable bonds is 5. The van der Waals surface area contributed by atoms with Crippen molar-refractivity contribution >= 4 is 10.0 Å². The van der Waals surface area contributed by atoms with Gasteiger partial charge in [-0.1, -0.05) is 18.2 Å². The number of benzene rings is 2. The molecule has 1 N–H and O–H groups in total. The molecule has 27 heavy (non-hydrogen) atoms. The van der Waals surface area contributed by atoms with E-state index in [1.807, 2.05) is 14.1 Å². The van der Waals surface area contributed by atoms with Crippen molar-refractivity contribution in [2.24, 2.45) is 0 Å². The maximum absolute atomic E-state index is 14.1. The van der Waals surface area contributed by atoms with E-state index in [1.54, 1.807) is 18.2 Å². The molecule has 0 aliphatic carbocycles. The summed E-state index contributed by atoms with van der Waals surface area (Å²) in [7, 11) is 0.473. The van der Waals surface area contributed by atoms with Crippen LogP contribution in [-0.2, 0) is 16.6 Å². The van der Waals surface area contributed by atoms with Crippen molar-refractivity contribution in [3.63, 3.8) is 0 Å². The van der Waals surface area contributed by atoms with Crippen LogP contribution < -0.4 is 0 Å². The van der Waals surface area contributed by atoms with E-state index < -0.39 is 15.8 Å². The summed E-state index contributed by atoms with van der Waals surface area (Å²) in [5, 5.41) is 9.24. The van der Waals surface area contributed by atoms with Crippen LogP contribution in [0.2, 0.25) is 0 Å². The van der Waals surface area contributed by atoms with Gasteiger partial charge in [0.25, 0.3) is 0 Å². The smallest absolute Gasteiger partial charge is 0.243 e. The summed E-state index contributed by atoms with van der Waals surface area (Å²) >= 11 is 0. The van der Waals surface area contributed by atoms with Crippen LogP contribution in [0.15, 0.2) is 47.4 Å². The predicted molar refractivity (Wildman–Crippen MR) is 103 cm³/mol. The first-order chi connectivity index (χ1) is 12.8. The zero-order valence-electron chi connectivity index (χ0n) is 15.6. The highest BCUT2D eigenvalue weighted by Gasteiger charge is 2.30. The van der Waals surface area contributed by atoms with Crippen LogP contribution in [0.3, 0.4) is 0 Å². The summed E-state index contributed by atoms with van der Waals surface area (Å²) in [5.74, 6) is -0.409. The summed E-state index contributed by atoms with van der Waals surface area (Å²) < 4.78 is 41.4. The summed E-state index contributed by atoms with van der Waals surface area (Å²) in [6, 6.07) is 11.1. The van der Waals surface area contributed by atoms with Gasteiger partial charge in [-0.3, -0.25) is 0 Å². The fourth-order valence-electron chi connectivity index (χ4n) is 3.45. The zero-order valence-corrected chi connectivity index (χ0v) is 16.4. The molecule has 0 bridgehead atoms. The quantitative estimate of drug-likeness (QED) is 0.850. The third-order valence-electron chi connectivity index (χ3n) is 5.17. The van der Waals surface area contributed by atoms with Gasteiger partial charge in [-0.2, -0.15) is 4.31 Å². The lowest BCUT2D eigenvalue weighted by molar-refractivity contribution is 0.196. The molecular formula is C20H25FN2O3S. The van der Waals surface area contributed by atoms with Gasteiger partial charge in [-0.05, 0) is 62.3 Å². The van der Waals surface area contributed by atoms with Gasteiger partial charge < -0.3 is 10.0 Å². The standard InChI is InChI=1S/C20H25FN2O3S/c1-22(2)17-9-11-23(12-10-17)27(25,26)18-6-4-16(5-7-18)19-13-15(14-24)3-8-20(19)21/h3-8,13,17,24H,9-12,14H2,1-2H3. The Hall–Kier alpha value is -1.80. The number of hydrogen-bond acceptors (Lipinski definition) is 4. The summed E-state index contributed by atoms with van der Waals surface area (Å²) in [6.07, 6.45) is 1.62. The molecule has 1 aliphatic rings. The van der Waals surface area contributed by atoms with Crippen molar-refractivity contribution in [3.05, 3.63) is 53.8 Å². The Labute approximate surface area is 160 Å². The minimum atomic E-state index is -3.55. The molecule has 7 heteroatoms. The van der Waals surface area contributed by atoms with E-state index in [2.05, 4.69) is 4.90 Å². The van der Waals surface area contributed by atoms with E-state index in [0.717, 1.165) is 12.8 Å². The van der Waals surface area contributed by atoms with Crippen molar-refractivity contribution in [3.8, 4) is 11.1 Å². The highest BCUT2D eigenvalue weighted by molar-refractivity contribution is 7.89.